The molecule has 0 atom stereocenters. The standard InChI is InChI=1S/C9H8N2OS/c1-6(12)4-8-7-2-3-13-9(7)11-5-10-8/h2-3,5H,4H2,1H3. The van der Waals surface area contributed by atoms with Gasteiger partial charge in [-0.3, -0.25) is 4.79 Å². The zero-order chi connectivity index (χ0) is 9.26. The van der Waals surface area contributed by atoms with Gasteiger partial charge >= 0.3 is 0 Å². The van der Waals surface area contributed by atoms with Crippen LogP contribution in [0.1, 0.15) is 12.6 Å². The van der Waals surface area contributed by atoms with Crippen LogP contribution in [0.2, 0.25) is 0 Å². The van der Waals surface area contributed by atoms with E-state index in [2.05, 4.69) is 9.97 Å². The SMILES string of the molecule is CC(=O)Cc1ncnc2sccc12. The smallest absolute Gasteiger partial charge is 0.135 e. The minimum Gasteiger partial charge on any atom is -0.300 e. The zero-order valence-corrected chi connectivity index (χ0v) is 7.97. The van der Waals surface area contributed by atoms with Gasteiger partial charge in [0.1, 0.15) is 16.9 Å². The van der Waals surface area contributed by atoms with Crippen LogP contribution >= 0.6 is 11.3 Å². The second-order valence-corrected chi connectivity index (χ2v) is 3.73. The summed E-state index contributed by atoms with van der Waals surface area (Å²) in [7, 11) is 0. The summed E-state index contributed by atoms with van der Waals surface area (Å²) in [4.78, 5) is 20.1. The molecule has 13 heavy (non-hydrogen) atoms. The molecule has 66 valence electrons. The summed E-state index contributed by atoms with van der Waals surface area (Å²) in [6.07, 6.45) is 1.91. The van der Waals surface area contributed by atoms with E-state index in [0.29, 0.717) is 6.42 Å². The number of carbonyl (C=O) groups is 1. The Morgan fingerprint density at radius 2 is 2.38 bits per heavy atom. The van der Waals surface area contributed by atoms with E-state index < -0.39 is 0 Å². The number of nitrogens with zero attached hydrogens (tertiary/aromatic N) is 2. The molecule has 4 heteroatoms. The lowest BCUT2D eigenvalue weighted by Crippen LogP contribution is -1.99. The number of thiophene rings is 1. The molecule has 0 bridgehead atoms. The van der Waals surface area contributed by atoms with Crippen LogP contribution in [-0.4, -0.2) is 15.8 Å². The summed E-state index contributed by atoms with van der Waals surface area (Å²) in [6.45, 7) is 1.57. The second kappa shape index (κ2) is 3.22. The van der Waals surface area contributed by atoms with Gasteiger partial charge in [-0.1, -0.05) is 0 Å². The average Bonchev–Trinajstić information content (AvgIpc) is 2.51. The number of aromatic nitrogens is 2. The molecule has 0 radical (unpaired) electrons. The van der Waals surface area contributed by atoms with Crippen LogP contribution in [0.15, 0.2) is 17.8 Å². The van der Waals surface area contributed by atoms with Crippen LogP contribution < -0.4 is 0 Å². The Labute approximate surface area is 79.4 Å². The van der Waals surface area contributed by atoms with Gasteiger partial charge in [0, 0.05) is 11.8 Å². The third-order valence-corrected chi connectivity index (χ3v) is 2.58. The highest BCUT2D eigenvalue weighted by Gasteiger charge is 2.05. The van der Waals surface area contributed by atoms with E-state index >= 15 is 0 Å². The van der Waals surface area contributed by atoms with E-state index in [9.17, 15) is 4.79 Å². The normalized spacial score (nSPS) is 10.5. The first kappa shape index (κ1) is 8.31. The van der Waals surface area contributed by atoms with Gasteiger partial charge in [-0.05, 0) is 18.4 Å². The van der Waals surface area contributed by atoms with Gasteiger partial charge in [0.05, 0.1) is 5.69 Å². The monoisotopic (exact) mass is 192 g/mol. The summed E-state index contributed by atoms with van der Waals surface area (Å²) in [5, 5.41) is 2.96. The fourth-order valence-electron chi connectivity index (χ4n) is 1.22. The van der Waals surface area contributed by atoms with Gasteiger partial charge in [0.25, 0.3) is 0 Å². The van der Waals surface area contributed by atoms with Crippen molar-refractivity contribution in [2.75, 3.05) is 0 Å². The Morgan fingerprint density at radius 3 is 3.15 bits per heavy atom. The molecule has 0 aliphatic rings. The maximum atomic E-state index is 10.9. The van der Waals surface area contributed by atoms with E-state index in [-0.39, 0.29) is 5.78 Å². The molecule has 0 saturated carbocycles. The molecule has 0 saturated heterocycles. The fraction of sp³-hybridized carbons (Fsp3) is 0.222. The van der Waals surface area contributed by atoms with Crippen molar-refractivity contribution in [2.45, 2.75) is 13.3 Å². The lowest BCUT2D eigenvalue weighted by Gasteiger charge is -1.97. The van der Waals surface area contributed by atoms with Gasteiger partial charge in [-0.15, -0.1) is 11.3 Å². The van der Waals surface area contributed by atoms with Crippen molar-refractivity contribution in [3.8, 4) is 0 Å². The first-order valence-electron chi connectivity index (χ1n) is 3.94. The second-order valence-electron chi connectivity index (χ2n) is 2.84. The molecule has 3 nitrogen and oxygen atoms in total. The van der Waals surface area contributed by atoms with E-state index in [0.717, 1.165) is 15.9 Å². The van der Waals surface area contributed by atoms with Crippen molar-refractivity contribution in [1.29, 1.82) is 0 Å². The van der Waals surface area contributed by atoms with Crippen molar-refractivity contribution < 1.29 is 4.79 Å². The molecule has 0 unspecified atom stereocenters. The van der Waals surface area contributed by atoms with E-state index in [1.165, 1.54) is 6.33 Å². The molecule has 0 N–H and O–H groups in total. The number of hydrogen-bond donors (Lipinski definition) is 0. The van der Waals surface area contributed by atoms with Crippen LogP contribution in [0.5, 0.6) is 0 Å². The highest BCUT2D eigenvalue weighted by molar-refractivity contribution is 7.16. The number of ketones is 1. The first-order valence-corrected chi connectivity index (χ1v) is 4.82. The lowest BCUT2D eigenvalue weighted by molar-refractivity contribution is -0.116. The van der Waals surface area contributed by atoms with Crippen LogP contribution in [0, 0.1) is 0 Å². The Hall–Kier alpha value is -1.29. The molecule has 0 fully saturated rings. The number of rotatable bonds is 2. The molecule has 2 heterocycles. The van der Waals surface area contributed by atoms with E-state index in [1.54, 1.807) is 18.3 Å². The minimum absolute atomic E-state index is 0.131. The highest BCUT2D eigenvalue weighted by Crippen LogP contribution is 2.20. The quantitative estimate of drug-likeness (QED) is 0.729. The first-order chi connectivity index (χ1) is 6.27. The topological polar surface area (TPSA) is 42.9 Å². The predicted molar refractivity (Wildman–Crippen MR) is 51.8 cm³/mol. The Kier molecular flexibility index (Phi) is 2.06. The van der Waals surface area contributed by atoms with E-state index in [1.807, 2.05) is 11.4 Å². The van der Waals surface area contributed by atoms with Crippen LogP contribution in [-0.2, 0) is 11.2 Å². The van der Waals surface area contributed by atoms with Crippen LogP contribution in [0.3, 0.4) is 0 Å². The number of fused-ring (bicyclic) bond motifs is 1. The van der Waals surface area contributed by atoms with Gasteiger partial charge in [-0.25, -0.2) is 9.97 Å². The summed E-state index contributed by atoms with van der Waals surface area (Å²) < 4.78 is 0. The number of Topliss-reactive ketones (excluding diaryl/α,β-unsaturated/α-hetero) is 1. The summed E-state index contributed by atoms with van der Waals surface area (Å²) in [5.41, 5.74) is 0.832. The average molecular weight is 192 g/mol. The molecule has 0 aromatic carbocycles. The minimum atomic E-state index is 0.131. The maximum Gasteiger partial charge on any atom is 0.135 e. The van der Waals surface area contributed by atoms with Crippen LogP contribution in [0.4, 0.5) is 0 Å². The third-order valence-electron chi connectivity index (χ3n) is 1.76. The van der Waals surface area contributed by atoms with Crippen molar-refractivity contribution >= 4 is 27.3 Å². The van der Waals surface area contributed by atoms with Gasteiger partial charge in [0.15, 0.2) is 0 Å². The summed E-state index contributed by atoms with van der Waals surface area (Å²) in [6, 6.07) is 1.96. The molecule has 2 aromatic rings. The molecule has 0 spiro atoms. The van der Waals surface area contributed by atoms with Crippen molar-refractivity contribution in [3.63, 3.8) is 0 Å². The van der Waals surface area contributed by atoms with Crippen molar-refractivity contribution in [2.24, 2.45) is 0 Å². The van der Waals surface area contributed by atoms with Gasteiger partial charge < -0.3 is 0 Å². The molecule has 0 amide bonds. The number of carbonyl (C=O) groups excluding carboxylic acids is 1. The Balaban J connectivity index is 2.54. The largest absolute Gasteiger partial charge is 0.300 e. The van der Waals surface area contributed by atoms with E-state index in [4.69, 9.17) is 0 Å². The van der Waals surface area contributed by atoms with Gasteiger partial charge in [-0.2, -0.15) is 0 Å². The Bertz CT molecular complexity index is 450. The summed E-state index contributed by atoms with van der Waals surface area (Å²) in [5.74, 6) is 0.131. The summed E-state index contributed by atoms with van der Waals surface area (Å²) >= 11 is 1.57. The van der Waals surface area contributed by atoms with Gasteiger partial charge in [0.2, 0.25) is 0 Å². The molecule has 0 aliphatic carbocycles. The lowest BCUT2D eigenvalue weighted by atomic mass is 10.2. The fourth-order valence-corrected chi connectivity index (χ4v) is 1.97. The Morgan fingerprint density at radius 1 is 1.54 bits per heavy atom. The molecular formula is C9H8N2OS. The predicted octanol–water partition coefficient (Wildman–Crippen LogP) is 1.82. The van der Waals surface area contributed by atoms with Crippen molar-refractivity contribution in [1.82, 2.24) is 9.97 Å². The maximum absolute atomic E-state index is 10.9. The highest BCUT2D eigenvalue weighted by atomic mass is 32.1. The van der Waals surface area contributed by atoms with Crippen molar-refractivity contribution in [3.05, 3.63) is 23.5 Å². The third kappa shape index (κ3) is 1.58. The van der Waals surface area contributed by atoms with Crippen LogP contribution in [0.25, 0.3) is 10.2 Å². The molecule has 2 rings (SSSR count). The number of hydrogen-bond acceptors (Lipinski definition) is 4. The molecule has 0 aliphatic heterocycles. The molecular weight excluding hydrogens is 184 g/mol. The zero-order valence-electron chi connectivity index (χ0n) is 7.15. The molecule has 2 aromatic heterocycles.